The zero-order chi connectivity index (χ0) is 20.6. The molecule has 2 amide bonds. The van der Waals surface area contributed by atoms with E-state index in [0.29, 0.717) is 22.8 Å². The minimum atomic E-state index is -0.464. The molecule has 1 heterocycles. The number of hydrazone groups is 1. The van der Waals surface area contributed by atoms with Gasteiger partial charge in [-0.25, -0.2) is 5.43 Å². The van der Waals surface area contributed by atoms with E-state index in [-0.39, 0.29) is 6.54 Å². The molecular formula is C21H18IN3O4. The molecule has 2 N–H and O–H groups in total. The summed E-state index contributed by atoms with van der Waals surface area (Å²) >= 11 is 2.24. The van der Waals surface area contributed by atoms with Crippen LogP contribution in [0.5, 0.6) is 5.75 Å². The van der Waals surface area contributed by atoms with E-state index in [0.717, 1.165) is 9.13 Å². The number of hydrogen-bond acceptors (Lipinski definition) is 5. The van der Waals surface area contributed by atoms with E-state index >= 15 is 0 Å². The Balaban J connectivity index is 1.50. The van der Waals surface area contributed by atoms with Gasteiger partial charge in [-0.3, -0.25) is 9.59 Å². The summed E-state index contributed by atoms with van der Waals surface area (Å²) in [6.07, 6.45) is 1.40. The molecule has 0 aliphatic carbocycles. The third-order valence-corrected chi connectivity index (χ3v) is 4.62. The molecule has 2 aromatic carbocycles. The summed E-state index contributed by atoms with van der Waals surface area (Å²) in [5.41, 5.74) is 3.65. The fraction of sp³-hybridized carbons (Fsp3) is 0.0952. The number of carbonyl (C=O) groups excluding carboxylic acids is 2. The molecule has 8 heteroatoms. The Bertz CT molecular complexity index is 1030. The first-order valence-corrected chi connectivity index (χ1v) is 9.73. The number of carbonyl (C=O) groups is 2. The van der Waals surface area contributed by atoms with Crippen LogP contribution in [0.1, 0.15) is 16.1 Å². The second-order valence-electron chi connectivity index (χ2n) is 5.89. The van der Waals surface area contributed by atoms with Crippen molar-refractivity contribution < 1.29 is 18.7 Å². The highest BCUT2D eigenvalue weighted by Crippen LogP contribution is 2.22. The number of amides is 2. The number of rotatable bonds is 7. The molecule has 0 aliphatic heterocycles. The zero-order valence-electron chi connectivity index (χ0n) is 15.5. The summed E-state index contributed by atoms with van der Waals surface area (Å²) in [5, 5.41) is 6.37. The van der Waals surface area contributed by atoms with Crippen LogP contribution in [-0.2, 0) is 4.79 Å². The number of nitrogens with one attached hydrogen (secondary N) is 2. The van der Waals surface area contributed by atoms with Crippen LogP contribution >= 0.6 is 22.6 Å². The van der Waals surface area contributed by atoms with Crippen LogP contribution in [0.2, 0.25) is 0 Å². The summed E-state index contributed by atoms with van der Waals surface area (Å²) in [6, 6.07) is 18.3. The highest BCUT2D eigenvalue weighted by Gasteiger charge is 2.12. The van der Waals surface area contributed by atoms with Gasteiger partial charge < -0.3 is 14.5 Å². The first kappa shape index (κ1) is 20.6. The maximum Gasteiger partial charge on any atom is 0.259 e. The molecule has 3 rings (SSSR count). The predicted octanol–water partition coefficient (Wildman–Crippen LogP) is 3.44. The minimum absolute atomic E-state index is 0.222. The highest BCUT2D eigenvalue weighted by molar-refractivity contribution is 14.1. The van der Waals surface area contributed by atoms with Crippen LogP contribution in [0.25, 0.3) is 11.3 Å². The molecule has 0 fully saturated rings. The Morgan fingerprint density at radius 3 is 2.62 bits per heavy atom. The third kappa shape index (κ3) is 5.67. The van der Waals surface area contributed by atoms with E-state index in [2.05, 4.69) is 38.4 Å². The van der Waals surface area contributed by atoms with Crippen LogP contribution < -0.4 is 15.5 Å². The molecule has 0 saturated carbocycles. The highest BCUT2D eigenvalue weighted by atomic mass is 127. The monoisotopic (exact) mass is 503 g/mol. The first-order chi connectivity index (χ1) is 14.1. The van der Waals surface area contributed by atoms with Gasteiger partial charge in [0.25, 0.3) is 11.8 Å². The van der Waals surface area contributed by atoms with Crippen LogP contribution in [0, 0.1) is 3.57 Å². The largest absolute Gasteiger partial charge is 0.496 e. The van der Waals surface area contributed by atoms with Crippen LogP contribution in [0.3, 0.4) is 0 Å². The molecule has 7 nitrogen and oxygen atoms in total. The van der Waals surface area contributed by atoms with Gasteiger partial charge in [-0.1, -0.05) is 24.3 Å². The average Bonchev–Trinajstić information content (AvgIpc) is 3.21. The molecule has 3 aromatic rings. The molecule has 0 unspecified atom stereocenters. The lowest BCUT2D eigenvalue weighted by atomic mass is 10.2. The Morgan fingerprint density at radius 1 is 1.10 bits per heavy atom. The number of methoxy groups -OCH3 is 1. The zero-order valence-corrected chi connectivity index (χ0v) is 17.7. The van der Waals surface area contributed by atoms with Gasteiger partial charge in [-0.2, -0.15) is 5.10 Å². The van der Waals surface area contributed by atoms with Crippen molar-refractivity contribution in [1.29, 1.82) is 0 Å². The van der Waals surface area contributed by atoms with E-state index < -0.39 is 11.8 Å². The van der Waals surface area contributed by atoms with E-state index in [1.54, 1.807) is 30.3 Å². The van der Waals surface area contributed by atoms with Gasteiger partial charge in [0, 0.05) is 9.13 Å². The summed E-state index contributed by atoms with van der Waals surface area (Å²) in [6.45, 7) is -0.222. The van der Waals surface area contributed by atoms with Gasteiger partial charge in [0.05, 0.1) is 25.4 Å². The van der Waals surface area contributed by atoms with Crippen molar-refractivity contribution in [2.75, 3.05) is 13.7 Å². The van der Waals surface area contributed by atoms with Crippen molar-refractivity contribution in [1.82, 2.24) is 10.7 Å². The molecule has 0 radical (unpaired) electrons. The second kappa shape index (κ2) is 9.87. The van der Waals surface area contributed by atoms with Crippen LogP contribution in [0.15, 0.2) is 70.2 Å². The third-order valence-electron chi connectivity index (χ3n) is 3.90. The molecule has 0 saturated heterocycles. The molecule has 29 heavy (non-hydrogen) atoms. The summed E-state index contributed by atoms with van der Waals surface area (Å²) in [5.74, 6) is 0.768. The number of hydrogen-bond donors (Lipinski definition) is 2. The number of para-hydroxylation sites is 1. The topological polar surface area (TPSA) is 92.9 Å². The molecule has 0 atom stereocenters. The van der Waals surface area contributed by atoms with Crippen molar-refractivity contribution >= 4 is 40.6 Å². The van der Waals surface area contributed by atoms with E-state index in [9.17, 15) is 9.59 Å². The molecule has 0 bridgehead atoms. The standard InChI is InChI=1S/C21H18IN3O4/c1-28-19-5-3-2-4-17(19)21(27)23-13-20(26)25-24-12-16-10-11-18(29-16)14-6-8-15(22)9-7-14/h2-12H,13H2,1H3,(H,23,27)(H,25,26). The lowest BCUT2D eigenvalue weighted by Gasteiger charge is -2.08. The smallest absolute Gasteiger partial charge is 0.259 e. The SMILES string of the molecule is COc1ccccc1C(=O)NCC(=O)NN=Cc1ccc(-c2ccc(I)cc2)o1. The predicted molar refractivity (Wildman–Crippen MR) is 118 cm³/mol. The van der Waals surface area contributed by atoms with E-state index in [1.807, 2.05) is 30.3 Å². The molecule has 1 aromatic heterocycles. The van der Waals surface area contributed by atoms with Crippen molar-refractivity contribution in [3.63, 3.8) is 0 Å². The summed E-state index contributed by atoms with van der Waals surface area (Å²) < 4.78 is 12.0. The molecule has 0 aliphatic rings. The normalized spacial score (nSPS) is 10.7. The Hall–Kier alpha value is -3.14. The van der Waals surface area contributed by atoms with Gasteiger partial charge in [0.2, 0.25) is 0 Å². The Labute approximate surface area is 181 Å². The second-order valence-corrected chi connectivity index (χ2v) is 7.13. The molecular weight excluding hydrogens is 485 g/mol. The van der Waals surface area contributed by atoms with Crippen molar-refractivity contribution in [3.05, 3.63) is 75.6 Å². The first-order valence-electron chi connectivity index (χ1n) is 8.65. The van der Waals surface area contributed by atoms with Gasteiger partial charge in [-0.15, -0.1) is 0 Å². The van der Waals surface area contributed by atoms with Crippen molar-refractivity contribution in [2.24, 2.45) is 5.10 Å². The average molecular weight is 503 g/mol. The molecule has 148 valence electrons. The minimum Gasteiger partial charge on any atom is -0.496 e. The Morgan fingerprint density at radius 2 is 1.86 bits per heavy atom. The van der Waals surface area contributed by atoms with Crippen molar-refractivity contribution in [2.45, 2.75) is 0 Å². The van der Waals surface area contributed by atoms with Crippen LogP contribution in [-0.4, -0.2) is 31.7 Å². The molecule has 0 spiro atoms. The van der Waals surface area contributed by atoms with Crippen molar-refractivity contribution in [3.8, 4) is 17.1 Å². The lowest BCUT2D eigenvalue weighted by Crippen LogP contribution is -2.35. The van der Waals surface area contributed by atoms with Crippen LogP contribution in [0.4, 0.5) is 0 Å². The number of nitrogens with zero attached hydrogens (tertiary/aromatic N) is 1. The number of ether oxygens (including phenoxy) is 1. The number of halogens is 1. The summed E-state index contributed by atoms with van der Waals surface area (Å²) in [4.78, 5) is 24.0. The van der Waals surface area contributed by atoms with Gasteiger partial charge in [0.15, 0.2) is 0 Å². The fourth-order valence-electron chi connectivity index (χ4n) is 2.49. The van der Waals surface area contributed by atoms with Gasteiger partial charge >= 0.3 is 0 Å². The summed E-state index contributed by atoms with van der Waals surface area (Å²) in [7, 11) is 1.48. The maximum absolute atomic E-state index is 12.2. The fourth-order valence-corrected chi connectivity index (χ4v) is 2.85. The Kier molecular flexibility index (Phi) is 7.01. The van der Waals surface area contributed by atoms with Gasteiger partial charge in [-0.05, 0) is 59.0 Å². The maximum atomic E-state index is 12.2. The lowest BCUT2D eigenvalue weighted by molar-refractivity contribution is -0.120. The van der Waals surface area contributed by atoms with Gasteiger partial charge in [0.1, 0.15) is 17.3 Å². The van der Waals surface area contributed by atoms with E-state index in [1.165, 1.54) is 13.3 Å². The quantitative estimate of drug-likeness (QED) is 0.294. The number of benzene rings is 2. The van der Waals surface area contributed by atoms with E-state index in [4.69, 9.17) is 9.15 Å². The number of furan rings is 1.